The third-order valence-corrected chi connectivity index (χ3v) is 5.71. The molecule has 4 rings (SSSR count). The number of imide groups is 1. The molecule has 0 saturated carbocycles. The summed E-state index contributed by atoms with van der Waals surface area (Å²) in [5, 5.41) is 5.68. The quantitative estimate of drug-likeness (QED) is 0.564. The summed E-state index contributed by atoms with van der Waals surface area (Å²) < 4.78 is 0. The third kappa shape index (κ3) is 2.79. The maximum absolute atomic E-state index is 12.2. The minimum absolute atomic E-state index is 0.0972. The van der Waals surface area contributed by atoms with Crippen LogP contribution in [0.5, 0.6) is 0 Å². The summed E-state index contributed by atoms with van der Waals surface area (Å²) in [5.74, 6) is -0.372. The Kier molecular flexibility index (Phi) is 4.20. The van der Waals surface area contributed by atoms with Crippen LogP contribution in [0.4, 0.5) is 0 Å². The van der Waals surface area contributed by atoms with Crippen LogP contribution in [0.25, 0.3) is 5.57 Å². The number of amides is 2. The van der Waals surface area contributed by atoms with Gasteiger partial charge in [-0.2, -0.15) is 12.6 Å². The first-order valence-electron chi connectivity index (χ1n) is 8.44. The fourth-order valence-corrected chi connectivity index (χ4v) is 4.31. The molecule has 3 aliphatic heterocycles. The monoisotopic (exact) mass is 343 g/mol. The van der Waals surface area contributed by atoms with E-state index >= 15 is 0 Å². The van der Waals surface area contributed by atoms with Crippen LogP contribution in [0.2, 0.25) is 0 Å². The highest BCUT2D eigenvalue weighted by atomic mass is 32.1. The molecule has 1 aromatic carbocycles. The molecule has 1 fully saturated rings. The van der Waals surface area contributed by atoms with Gasteiger partial charge in [-0.05, 0) is 47.7 Å². The number of benzene rings is 1. The molecule has 3 aliphatic rings. The molecule has 1 aromatic rings. The highest BCUT2D eigenvalue weighted by molar-refractivity contribution is 7.80. The molecule has 0 aliphatic carbocycles. The molecular formula is C18H21N3O2S. The van der Waals surface area contributed by atoms with Crippen LogP contribution in [0.15, 0.2) is 24.3 Å². The molecular weight excluding hydrogens is 322 g/mol. The Hall–Kier alpha value is -1.63. The molecule has 1 saturated heterocycles. The lowest BCUT2D eigenvalue weighted by atomic mass is 9.97. The fraction of sp³-hybridized carbons (Fsp3) is 0.444. The van der Waals surface area contributed by atoms with Crippen molar-refractivity contribution in [2.45, 2.75) is 37.2 Å². The van der Waals surface area contributed by atoms with Gasteiger partial charge in [-0.3, -0.25) is 19.8 Å². The first-order valence-corrected chi connectivity index (χ1v) is 8.95. The summed E-state index contributed by atoms with van der Waals surface area (Å²) in [7, 11) is 0. The predicted molar refractivity (Wildman–Crippen MR) is 95.3 cm³/mol. The average molecular weight is 343 g/mol. The van der Waals surface area contributed by atoms with E-state index in [4.69, 9.17) is 12.6 Å². The molecule has 0 spiro atoms. The Morgan fingerprint density at radius 2 is 2.08 bits per heavy atom. The van der Waals surface area contributed by atoms with Crippen molar-refractivity contribution in [1.29, 1.82) is 0 Å². The number of hydrogen-bond acceptors (Lipinski definition) is 5. The van der Waals surface area contributed by atoms with Crippen molar-refractivity contribution in [2.24, 2.45) is 0 Å². The van der Waals surface area contributed by atoms with Crippen molar-refractivity contribution in [3.05, 3.63) is 41.0 Å². The Morgan fingerprint density at radius 1 is 1.21 bits per heavy atom. The first-order chi connectivity index (χ1) is 11.6. The smallest absolute Gasteiger partial charge is 0.243 e. The number of piperidine rings is 1. The fourth-order valence-electron chi connectivity index (χ4n) is 3.82. The summed E-state index contributed by atoms with van der Waals surface area (Å²) in [5.41, 5.74) is 5.05. The lowest BCUT2D eigenvalue weighted by Crippen LogP contribution is -2.51. The summed E-state index contributed by atoms with van der Waals surface area (Å²) in [6.07, 6.45) is 4.25. The van der Waals surface area contributed by atoms with Crippen LogP contribution < -0.4 is 10.6 Å². The topological polar surface area (TPSA) is 61.4 Å². The van der Waals surface area contributed by atoms with Crippen LogP contribution in [-0.2, 0) is 16.1 Å². The maximum Gasteiger partial charge on any atom is 0.243 e. The second-order valence-electron chi connectivity index (χ2n) is 6.61. The molecule has 6 heteroatoms. The molecule has 3 heterocycles. The van der Waals surface area contributed by atoms with E-state index in [1.807, 2.05) is 0 Å². The number of fused-ring (bicyclic) bond motifs is 1. The van der Waals surface area contributed by atoms with E-state index in [1.54, 1.807) is 0 Å². The number of hydrogen-bond donors (Lipinski definition) is 3. The maximum atomic E-state index is 12.2. The van der Waals surface area contributed by atoms with Crippen molar-refractivity contribution in [3.8, 4) is 0 Å². The van der Waals surface area contributed by atoms with E-state index < -0.39 is 0 Å². The van der Waals surface area contributed by atoms with Crippen LogP contribution in [0.3, 0.4) is 0 Å². The minimum Gasteiger partial charge on any atom is -0.313 e. The summed E-state index contributed by atoms with van der Waals surface area (Å²) >= 11 is 4.74. The van der Waals surface area contributed by atoms with Gasteiger partial charge in [0, 0.05) is 19.5 Å². The van der Waals surface area contributed by atoms with Gasteiger partial charge in [0.15, 0.2) is 0 Å². The number of rotatable bonds is 2. The van der Waals surface area contributed by atoms with Crippen molar-refractivity contribution in [2.75, 3.05) is 13.1 Å². The molecule has 0 bridgehead atoms. The number of nitrogens with zero attached hydrogens (tertiary/aromatic N) is 1. The first kappa shape index (κ1) is 15.9. The van der Waals surface area contributed by atoms with Gasteiger partial charge in [0.25, 0.3) is 0 Å². The van der Waals surface area contributed by atoms with Crippen molar-refractivity contribution < 1.29 is 9.59 Å². The molecule has 2 unspecified atom stereocenters. The number of thiol groups is 1. The molecule has 2 atom stereocenters. The average Bonchev–Trinajstić information content (AvgIpc) is 2.92. The van der Waals surface area contributed by atoms with Crippen molar-refractivity contribution in [3.63, 3.8) is 0 Å². The molecule has 24 heavy (non-hydrogen) atoms. The molecule has 0 radical (unpaired) electrons. The highest BCUT2D eigenvalue weighted by Gasteiger charge is 2.39. The van der Waals surface area contributed by atoms with E-state index in [0.717, 1.165) is 19.5 Å². The van der Waals surface area contributed by atoms with Crippen molar-refractivity contribution >= 4 is 30.0 Å². The van der Waals surface area contributed by atoms with E-state index in [9.17, 15) is 9.59 Å². The van der Waals surface area contributed by atoms with Gasteiger partial charge in [0.1, 0.15) is 0 Å². The normalized spacial score (nSPS) is 27.6. The van der Waals surface area contributed by atoms with Gasteiger partial charge in [0.05, 0.1) is 11.4 Å². The molecule has 5 nitrogen and oxygen atoms in total. The van der Waals surface area contributed by atoms with Crippen LogP contribution in [-0.4, -0.2) is 35.8 Å². The largest absolute Gasteiger partial charge is 0.313 e. The lowest BCUT2D eigenvalue weighted by molar-refractivity contribution is -0.137. The minimum atomic E-state index is -0.279. The van der Waals surface area contributed by atoms with Gasteiger partial charge in [-0.1, -0.05) is 18.2 Å². The van der Waals surface area contributed by atoms with Crippen molar-refractivity contribution in [1.82, 2.24) is 15.5 Å². The van der Waals surface area contributed by atoms with E-state index in [-0.39, 0.29) is 23.2 Å². The molecule has 2 amide bonds. The Morgan fingerprint density at radius 3 is 2.83 bits per heavy atom. The van der Waals surface area contributed by atoms with E-state index in [0.29, 0.717) is 19.4 Å². The van der Waals surface area contributed by atoms with E-state index in [2.05, 4.69) is 39.8 Å². The van der Waals surface area contributed by atoms with Gasteiger partial charge in [-0.25, -0.2) is 0 Å². The number of carbonyl (C=O) groups is 2. The summed E-state index contributed by atoms with van der Waals surface area (Å²) in [6, 6.07) is 6.26. The highest BCUT2D eigenvalue weighted by Crippen LogP contribution is 2.40. The van der Waals surface area contributed by atoms with Crippen LogP contribution >= 0.6 is 12.6 Å². The predicted octanol–water partition coefficient (Wildman–Crippen LogP) is 1.61. The molecule has 2 N–H and O–H groups in total. The zero-order valence-electron chi connectivity index (χ0n) is 13.4. The molecule has 0 aromatic heterocycles. The lowest BCUT2D eigenvalue weighted by Gasteiger charge is -2.32. The Labute approximate surface area is 146 Å². The van der Waals surface area contributed by atoms with Gasteiger partial charge >= 0.3 is 0 Å². The Balaban J connectivity index is 1.58. The Bertz CT molecular complexity index is 731. The number of nitrogens with one attached hydrogen (secondary N) is 2. The standard InChI is InChI=1S/C18H21N3O2S/c22-16-4-3-15(17(23)20-16)21-10-13-9-12(1-2-14(13)18(21)24)11-5-7-19-8-6-11/h1-2,5,9,15,18-19,24H,3-4,6-8,10H2,(H,20,22,23). The van der Waals surface area contributed by atoms with Gasteiger partial charge < -0.3 is 5.32 Å². The zero-order valence-corrected chi connectivity index (χ0v) is 14.3. The summed E-state index contributed by atoms with van der Waals surface area (Å²) in [4.78, 5) is 25.6. The van der Waals surface area contributed by atoms with Crippen LogP contribution in [0, 0.1) is 0 Å². The SMILES string of the molecule is O=C1CCC(N2Cc3cc(C4=CCNCC4)ccc3C2S)C(=O)N1. The number of carbonyl (C=O) groups excluding carboxylic acids is 2. The summed E-state index contributed by atoms with van der Waals surface area (Å²) in [6.45, 7) is 2.64. The molecule has 126 valence electrons. The van der Waals surface area contributed by atoms with Crippen LogP contribution in [0.1, 0.15) is 41.3 Å². The second-order valence-corrected chi connectivity index (χ2v) is 7.10. The third-order valence-electron chi connectivity index (χ3n) is 5.13. The second kappa shape index (κ2) is 6.35. The van der Waals surface area contributed by atoms with E-state index in [1.165, 1.54) is 22.3 Å². The van der Waals surface area contributed by atoms with Gasteiger partial charge in [-0.15, -0.1) is 0 Å². The zero-order chi connectivity index (χ0) is 16.7. The van der Waals surface area contributed by atoms with Gasteiger partial charge in [0.2, 0.25) is 11.8 Å².